The van der Waals surface area contributed by atoms with E-state index in [0.717, 1.165) is 5.52 Å². The molecule has 0 amide bonds. The van der Waals surface area contributed by atoms with Crippen molar-refractivity contribution in [1.82, 2.24) is 9.55 Å². The maximum absolute atomic E-state index is 13.0. The molecule has 0 N–H and O–H groups in total. The molecule has 3 nitrogen and oxygen atoms in total. The van der Waals surface area contributed by atoms with Crippen LogP contribution in [-0.2, 0) is 13.0 Å². The highest BCUT2D eigenvalue weighted by molar-refractivity contribution is 5.76. The quantitative estimate of drug-likeness (QED) is 0.714. The molecule has 0 aliphatic rings. The Hall–Kier alpha value is -2.33. The number of terminal acetylenes is 1. The number of fused-ring (bicyclic) bond motifs is 1. The molecule has 1 heterocycles. The van der Waals surface area contributed by atoms with Gasteiger partial charge < -0.3 is 4.57 Å². The molecule has 16 heavy (non-hydrogen) atoms. The van der Waals surface area contributed by atoms with Crippen molar-refractivity contribution in [1.29, 1.82) is 5.26 Å². The molecular formula is C12H8FN3. The monoisotopic (exact) mass is 213 g/mol. The number of aromatic nitrogens is 2. The molecule has 1 aromatic carbocycles. The fourth-order valence-electron chi connectivity index (χ4n) is 1.63. The number of nitrogens with zero attached hydrogens (tertiary/aromatic N) is 3. The van der Waals surface area contributed by atoms with E-state index in [1.165, 1.54) is 12.1 Å². The van der Waals surface area contributed by atoms with Gasteiger partial charge in [0.15, 0.2) is 0 Å². The van der Waals surface area contributed by atoms with E-state index in [9.17, 15) is 4.39 Å². The molecule has 0 saturated carbocycles. The summed E-state index contributed by atoms with van der Waals surface area (Å²) >= 11 is 0. The van der Waals surface area contributed by atoms with Gasteiger partial charge >= 0.3 is 0 Å². The molecular weight excluding hydrogens is 205 g/mol. The van der Waals surface area contributed by atoms with Crippen molar-refractivity contribution in [2.24, 2.45) is 0 Å². The van der Waals surface area contributed by atoms with E-state index < -0.39 is 0 Å². The summed E-state index contributed by atoms with van der Waals surface area (Å²) in [6.45, 7) is 0.332. The first-order valence-corrected chi connectivity index (χ1v) is 4.71. The summed E-state index contributed by atoms with van der Waals surface area (Å²) in [6, 6.07) is 6.32. The fraction of sp³-hybridized carbons (Fsp3) is 0.167. The largest absolute Gasteiger partial charge is 0.315 e. The summed E-state index contributed by atoms with van der Waals surface area (Å²) in [4.78, 5) is 4.19. The average molecular weight is 213 g/mol. The average Bonchev–Trinajstić information content (AvgIpc) is 2.57. The molecule has 2 rings (SSSR count). The van der Waals surface area contributed by atoms with Crippen LogP contribution in [0.5, 0.6) is 0 Å². The number of imidazole rings is 1. The van der Waals surface area contributed by atoms with Crippen molar-refractivity contribution in [2.75, 3.05) is 0 Å². The third-order valence-corrected chi connectivity index (χ3v) is 2.28. The highest BCUT2D eigenvalue weighted by atomic mass is 19.1. The van der Waals surface area contributed by atoms with Crippen LogP contribution in [0.4, 0.5) is 4.39 Å². The van der Waals surface area contributed by atoms with E-state index in [-0.39, 0.29) is 12.2 Å². The van der Waals surface area contributed by atoms with Crippen LogP contribution >= 0.6 is 0 Å². The van der Waals surface area contributed by atoms with Crippen LogP contribution < -0.4 is 0 Å². The molecule has 0 bridgehead atoms. The summed E-state index contributed by atoms with van der Waals surface area (Å²) in [5, 5.41) is 8.66. The van der Waals surface area contributed by atoms with Crippen molar-refractivity contribution in [2.45, 2.75) is 13.0 Å². The standard InChI is InChI=1S/C12H8FN3/c1-2-7-16-11-4-3-9(13)8-10(11)15-12(16)5-6-14/h1,3-4,8H,5,7H2. The predicted octanol–water partition coefficient (Wildman–Crippen LogP) is 1.87. The molecule has 0 aliphatic heterocycles. The zero-order valence-corrected chi connectivity index (χ0v) is 8.44. The molecule has 0 atom stereocenters. The van der Waals surface area contributed by atoms with E-state index >= 15 is 0 Å². The molecule has 0 radical (unpaired) electrons. The van der Waals surface area contributed by atoms with Crippen LogP contribution in [-0.4, -0.2) is 9.55 Å². The Morgan fingerprint density at radius 3 is 3.00 bits per heavy atom. The summed E-state index contributed by atoms with van der Waals surface area (Å²) in [7, 11) is 0. The maximum Gasteiger partial charge on any atom is 0.125 e. The fourth-order valence-corrected chi connectivity index (χ4v) is 1.63. The molecule has 78 valence electrons. The summed E-state index contributed by atoms with van der Waals surface area (Å²) < 4.78 is 14.7. The minimum atomic E-state index is -0.346. The Balaban J connectivity index is 2.67. The van der Waals surface area contributed by atoms with Gasteiger partial charge in [-0.15, -0.1) is 6.42 Å². The van der Waals surface area contributed by atoms with Crippen molar-refractivity contribution < 1.29 is 4.39 Å². The molecule has 2 aromatic rings. The highest BCUT2D eigenvalue weighted by Crippen LogP contribution is 2.17. The van der Waals surface area contributed by atoms with Crippen molar-refractivity contribution in [3.63, 3.8) is 0 Å². The number of rotatable bonds is 2. The lowest BCUT2D eigenvalue weighted by molar-refractivity contribution is 0.629. The molecule has 1 aromatic heterocycles. The van der Waals surface area contributed by atoms with Gasteiger partial charge in [-0.2, -0.15) is 5.26 Å². The van der Waals surface area contributed by atoms with Gasteiger partial charge in [-0.3, -0.25) is 0 Å². The van der Waals surface area contributed by atoms with Crippen LogP contribution in [0.1, 0.15) is 5.82 Å². The smallest absolute Gasteiger partial charge is 0.125 e. The predicted molar refractivity (Wildman–Crippen MR) is 57.8 cm³/mol. The molecule has 0 spiro atoms. The minimum absolute atomic E-state index is 0.165. The summed E-state index contributed by atoms with van der Waals surface area (Å²) in [5.74, 6) is 2.72. The highest BCUT2D eigenvalue weighted by Gasteiger charge is 2.09. The topological polar surface area (TPSA) is 41.6 Å². The van der Waals surface area contributed by atoms with Crippen LogP contribution in [0.3, 0.4) is 0 Å². The first-order chi connectivity index (χ1) is 7.76. The Labute approximate surface area is 92.1 Å². The molecule has 0 fully saturated rings. The van der Waals surface area contributed by atoms with Gasteiger partial charge in [-0.1, -0.05) is 5.92 Å². The second kappa shape index (κ2) is 4.04. The number of nitriles is 1. The van der Waals surface area contributed by atoms with Crippen molar-refractivity contribution in [3.8, 4) is 18.4 Å². The lowest BCUT2D eigenvalue weighted by Crippen LogP contribution is -2.01. The van der Waals surface area contributed by atoms with Gasteiger partial charge in [0.05, 0.1) is 30.1 Å². The van der Waals surface area contributed by atoms with E-state index in [1.807, 2.05) is 6.07 Å². The van der Waals surface area contributed by atoms with Gasteiger partial charge in [0.25, 0.3) is 0 Å². The molecule has 0 saturated heterocycles. The third kappa shape index (κ3) is 1.62. The maximum atomic E-state index is 13.0. The van der Waals surface area contributed by atoms with Crippen molar-refractivity contribution >= 4 is 11.0 Å². The van der Waals surface area contributed by atoms with Crippen LogP contribution in [0.15, 0.2) is 18.2 Å². The second-order valence-corrected chi connectivity index (χ2v) is 3.29. The molecule has 0 aliphatic carbocycles. The van der Waals surface area contributed by atoms with Gasteiger partial charge in [-0.25, -0.2) is 9.37 Å². The zero-order chi connectivity index (χ0) is 11.5. The molecule has 4 heteroatoms. The SMILES string of the molecule is C#CCn1c(CC#N)nc2cc(F)ccc21. The van der Waals surface area contributed by atoms with E-state index in [1.54, 1.807) is 10.6 Å². The lowest BCUT2D eigenvalue weighted by Gasteiger charge is -2.01. The Kier molecular flexibility index (Phi) is 2.57. The summed E-state index contributed by atoms with van der Waals surface area (Å²) in [5.41, 5.74) is 1.28. The Morgan fingerprint density at radius 2 is 2.31 bits per heavy atom. The van der Waals surface area contributed by atoms with Gasteiger partial charge in [0, 0.05) is 6.07 Å². The normalized spacial score (nSPS) is 9.94. The van der Waals surface area contributed by atoms with Crippen LogP contribution in [0, 0.1) is 29.5 Å². The minimum Gasteiger partial charge on any atom is -0.315 e. The van der Waals surface area contributed by atoms with Crippen LogP contribution in [0.25, 0.3) is 11.0 Å². The first-order valence-electron chi connectivity index (χ1n) is 4.71. The Bertz CT molecular complexity index is 613. The van der Waals surface area contributed by atoms with Gasteiger partial charge in [-0.05, 0) is 12.1 Å². The number of hydrogen-bond acceptors (Lipinski definition) is 2. The number of benzene rings is 1. The van der Waals surface area contributed by atoms with Crippen molar-refractivity contribution in [3.05, 3.63) is 29.8 Å². The number of hydrogen-bond donors (Lipinski definition) is 0. The van der Waals surface area contributed by atoms with E-state index in [2.05, 4.69) is 10.9 Å². The second-order valence-electron chi connectivity index (χ2n) is 3.29. The number of halogens is 1. The van der Waals surface area contributed by atoms with Gasteiger partial charge in [0.1, 0.15) is 11.6 Å². The lowest BCUT2D eigenvalue weighted by atomic mass is 10.3. The first kappa shape index (κ1) is 10.2. The third-order valence-electron chi connectivity index (χ3n) is 2.28. The van der Waals surface area contributed by atoms with Gasteiger partial charge in [0.2, 0.25) is 0 Å². The zero-order valence-electron chi connectivity index (χ0n) is 8.44. The summed E-state index contributed by atoms with van der Waals surface area (Å²) in [6.07, 6.45) is 5.41. The Morgan fingerprint density at radius 1 is 1.50 bits per heavy atom. The molecule has 0 unspecified atom stereocenters. The van der Waals surface area contributed by atoms with E-state index in [4.69, 9.17) is 11.7 Å². The van der Waals surface area contributed by atoms with Crippen LogP contribution in [0.2, 0.25) is 0 Å². The van der Waals surface area contributed by atoms with E-state index in [0.29, 0.717) is 17.9 Å².